The Hall–Kier alpha value is -2.89. The first-order valence-electron chi connectivity index (χ1n) is 10.6. The van der Waals surface area contributed by atoms with Crippen LogP contribution in [-0.2, 0) is 17.8 Å². The molecule has 4 aromatic rings. The second kappa shape index (κ2) is 10.2. The van der Waals surface area contributed by atoms with E-state index < -0.39 is 0 Å². The van der Waals surface area contributed by atoms with E-state index in [0.717, 1.165) is 34.4 Å². The molecule has 0 saturated heterocycles. The van der Waals surface area contributed by atoms with Gasteiger partial charge in [0.2, 0.25) is 5.91 Å². The summed E-state index contributed by atoms with van der Waals surface area (Å²) in [4.78, 5) is 22.3. The van der Waals surface area contributed by atoms with Gasteiger partial charge < -0.3 is 9.88 Å². The predicted octanol–water partition coefficient (Wildman–Crippen LogP) is 5.99. The Balaban J connectivity index is 1.70. The summed E-state index contributed by atoms with van der Waals surface area (Å²) in [5, 5.41) is 4.25. The number of carbonyl (C=O) groups is 1. The Morgan fingerprint density at radius 1 is 1.12 bits per heavy atom. The minimum Gasteiger partial charge on any atom is -0.350 e. The zero-order valence-electron chi connectivity index (χ0n) is 17.8. The van der Waals surface area contributed by atoms with Gasteiger partial charge in [-0.1, -0.05) is 60.8 Å². The molecule has 0 radical (unpaired) electrons. The third-order valence-electron chi connectivity index (χ3n) is 5.40. The smallest absolute Gasteiger partial charge is 0.243 e. The maximum absolute atomic E-state index is 13.3. The lowest BCUT2D eigenvalue weighted by Gasteiger charge is -2.21. The average molecular weight is 467 g/mol. The molecule has 1 amide bonds. The molecule has 0 aliphatic carbocycles. The van der Waals surface area contributed by atoms with Gasteiger partial charge in [0.25, 0.3) is 0 Å². The van der Waals surface area contributed by atoms with E-state index in [9.17, 15) is 4.79 Å². The van der Waals surface area contributed by atoms with Crippen molar-refractivity contribution in [2.45, 2.75) is 38.8 Å². The van der Waals surface area contributed by atoms with Crippen molar-refractivity contribution in [2.24, 2.45) is 0 Å². The summed E-state index contributed by atoms with van der Waals surface area (Å²) in [6, 6.07) is 16.8. The standard InChI is InChI=1S/C25H24Cl2N4O/c1-2-6-23(25(32)29-16-17-7-5-12-28-15-17)31-22-9-4-3-8-21(22)30-24(31)13-18-10-11-19(26)14-20(18)27/h3-5,7-12,14-15,23H,2,6,13,16H2,1H3,(H,29,32)/t23-/m0/s1. The minimum atomic E-state index is -0.384. The van der Waals surface area contributed by atoms with Crippen LogP contribution < -0.4 is 5.32 Å². The largest absolute Gasteiger partial charge is 0.350 e. The number of aromatic nitrogens is 3. The van der Waals surface area contributed by atoms with Gasteiger partial charge in [-0.25, -0.2) is 4.98 Å². The number of para-hydroxylation sites is 2. The molecule has 32 heavy (non-hydrogen) atoms. The maximum atomic E-state index is 13.3. The molecule has 1 atom stereocenters. The van der Waals surface area contributed by atoms with Crippen LogP contribution in [0.5, 0.6) is 0 Å². The van der Waals surface area contributed by atoms with Crippen molar-refractivity contribution in [1.82, 2.24) is 19.9 Å². The van der Waals surface area contributed by atoms with Crippen molar-refractivity contribution in [1.29, 1.82) is 0 Å². The first-order chi connectivity index (χ1) is 15.6. The monoisotopic (exact) mass is 466 g/mol. The number of nitrogens with one attached hydrogen (secondary N) is 1. The molecular formula is C25H24Cl2N4O. The molecule has 0 fully saturated rings. The average Bonchev–Trinajstić information content (AvgIpc) is 3.16. The summed E-state index contributed by atoms with van der Waals surface area (Å²) in [6.07, 6.45) is 5.53. The van der Waals surface area contributed by atoms with Gasteiger partial charge in [0, 0.05) is 35.4 Å². The molecule has 5 nitrogen and oxygen atoms in total. The zero-order chi connectivity index (χ0) is 22.5. The SMILES string of the molecule is CCC[C@@H](C(=O)NCc1cccnc1)n1c(Cc2ccc(Cl)cc2Cl)nc2ccccc21. The van der Waals surface area contributed by atoms with Gasteiger partial charge in [0.15, 0.2) is 0 Å². The van der Waals surface area contributed by atoms with Crippen LogP contribution >= 0.6 is 23.2 Å². The number of hydrogen-bond donors (Lipinski definition) is 1. The Morgan fingerprint density at radius 2 is 1.97 bits per heavy atom. The third-order valence-corrected chi connectivity index (χ3v) is 5.99. The van der Waals surface area contributed by atoms with Gasteiger partial charge in [-0.3, -0.25) is 9.78 Å². The molecule has 1 N–H and O–H groups in total. The van der Waals surface area contributed by atoms with E-state index in [2.05, 4.69) is 21.8 Å². The lowest BCUT2D eigenvalue weighted by atomic mass is 10.1. The molecule has 2 aromatic heterocycles. The fraction of sp³-hybridized carbons (Fsp3) is 0.240. The van der Waals surface area contributed by atoms with Crippen molar-refractivity contribution in [3.63, 3.8) is 0 Å². The van der Waals surface area contributed by atoms with E-state index in [0.29, 0.717) is 29.4 Å². The number of imidazole rings is 1. The van der Waals surface area contributed by atoms with Crippen molar-refractivity contribution in [2.75, 3.05) is 0 Å². The van der Waals surface area contributed by atoms with E-state index in [1.54, 1.807) is 18.5 Å². The molecule has 0 bridgehead atoms. The lowest BCUT2D eigenvalue weighted by Crippen LogP contribution is -2.33. The summed E-state index contributed by atoms with van der Waals surface area (Å²) in [7, 11) is 0. The number of benzene rings is 2. The fourth-order valence-corrected chi connectivity index (χ4v) is 4.34. The normalized spacial score (nSPS) is 12.1. The van der Waals surface area contributed by atoms with Crippen molar-refractivity contribution < 1.29 is 4.79 Å². The number of halogens is 2. The van der Waals surface area contributed by atoms with Gasteiger partial charge >= 0.3 is 0 Å². The highest BCUT2D eigenvalue weighted by atomic mass is 35.5. The second-order valence-electron chi connectivity index (χ2n) is 7.68. The van der Waals surface area contributed by atoms with Crippen molar-refractivity contribution in [3.05, 3.63) is 94.0 Å². The summed E-state index contributed by atoms with van der Waals surface area (Å²) >= 11 is 12.5. The number of hydrogen-bond acceptors (Lipinski definition) is 3. The van der Waals surface area contributed by atoms with E-state index >= 15 is 0 Å². The van der Waals surface area contributed by atoms with E-state index in [4.69, 9.17) is 28.2 Å². The lowest BCUT2D eigenvalue weighted by molar-refractivity contribution is -0.124. The summed E-state index contributed by atoms with van der Waals surface area (Å²) in [5.74, 6) is 0.757. The van der Waals surface area contributed by atoms with Gasteiger partial charge in [0.05, 0.1) is 11.0 Å². The Labute approximate surface area is 197 Å². The number of nitrogens with zero attached hydrogens (tertiary/aromatic N) is 3. The molecule has 164 valence electrons. The van der Waals surface area contributed by atoms with Crippen molar-refractivity contribution >= 4 is 40.1 Å². The van der Waals surface area contributed by atoms with Crippen LogP contribution in [0.25, 0.3) is 11.0 Å². The molecule has 0 unspecified atom stereocenters. The highest BCUT2D eigenvalue weighted by Gasteiger charge is 2.25. The van der Waals surface area contributed by atoms with Crippen molar-refractivity contribution in [3.8, 4) is 0 Å². The molecule has 0 saturated carbocycles. The number of amides is 1. The van der Waals surface area contributed by atoms with Crippen LogP contribution in [0.1, 0.15) is 42.8 Å². The first kappa shape index (κ1) is 22.3. The fourth-order valence-electron chi connectivity index (χ4n) is 3.86. The summed E-state index contributed by atoms with van der Waals surface area (Å²) in [5.41, 5.74) is 3.66. The summed E-state index contributed by atoms with van der Waals surface area (Å²) in [6.45, 7) is 2.51. The van der Waals surface area contributed by atoms with Gasteiger partial charge in [-0.15, -0.1) is 0 Å². The zero-order valence-corrected chi connectivity index (χ0v) is 19.3. The van der Waals surface area contributed by atoms with Crippen LogP contribution in [0.4, 0.5) is 0 Å². The Kier molecular flexibility index (Phi) is 7.08. The van der Waals surface area contributed by atoms with Gasteiger partial charge in [0.1, 0.15) is 11.9 Å². The van der Waals surface area contributed by atoms with E-state index in [1.165, 1.54) is 0 Å². The predicted molar refractivity (Wildman–Crippen MR) is 129 cm³/mol. The maximum Gasteiger partial charge on any atom is 0.243 e. The number of rotatable bonds is 8. The first-order valence-corrected chi connectivity index (χ1v) is 11.4. The second-order valence-corrected chi connectivity index (χ2v) is 8.53. The Bertz CT molecular complexity index is 1220. The quantitative estimate of drug-likeness (QED) is 0.347. The third kappa shape index (κ3) is 4.95. The van der Waals surface area contributed by atoms with E-state index in [1.807, 2.05) is 48.5 Å². The molecule has 0 aliphatic rings. The minimum absolute atomic E-state index is 0.0395. The van der Waals surface area contributed by atoms with Gasteiger partial charge in [-0.05, 0) is 47.9 Å². The van der Waals surface area contributed by atoms with Crippen LogP contribution in [0.15, 0.2) is 67.0 Å². The molecule has 4 rings (SSSR count). The summed E-state index contributed by atoms with van der Waals surface area (Å²) < 4.78 is 2.06. The number of fused-ring (bicyclic) bond motifs is 1. The number of pyridine rings is 1. The van der Waals surface area contributed by atoms with E-state index in [-0.39, 0.29) is 11.9 Å². The highest BCUT2D eigenvalue weighted by molar-refractivity contribution is 6.35. The molecular weight excluding hydrogens is 443 g/mol. The van der Waals surface area contributed by atoms with Crippen LogP contribution in [-0.4, -0.2) is 20.4 Å². The topological polar surface area (TPSA) is 59.8 Å². The molecule has 7 heteroatoms. The van der Waals surface area contributed by atoms with Crippen LogP contribution in [0, 0.1) is 0 Å². The van der Waals surface area contributed by atoms with Crippen LogP contribution in [0.2, 0.25) is 10.0 Å². The highest BCUT2D eigenvalue weighted by Crippen LogP contribution is 2.29. The van der Waals surface area contributed by atoms with Gasteiger partial charge in [-0.2, -0.15) is 0 Å². The molecule has 2 heterocycles. The van der Waals surface area contributed by atoms with Crippen LogP contribution in [0.3, 0.4) is 0 Å². The Morgan fingerprint density at radius 3 is 2.72 bits per heavy atom. The number of carbonyl (C=O) groups excluding carboxylic acids is 1. The molecule has 2 aromatic carbocycles. The molecule has 0 aliphatic heterocycles. The molecule has 0 spiro atoms.